The minimum absolute atomic E-state index is 0.333. The quantitative estimate of drug-likeness (QED) is 0.773. The van der Waals surface area contributed by atoms with Crippen LogP contribution in [0.15, 0.2) is 45.3 Å². The number of nitrogens with zero attached hydrogens (tertiary/aromatic N) is 1. The summed E-state index contributed by atoms with van der Waals surface area (Å²) in [4.78, 5) is 0. The van der Waals surface area contributed by atoms with E-state index in [1.54, 1.807) is 12.1 Å². The van der Waals surface area contributed by atoms with Crippen molar-refractivity contribution in [3.05, 3.63) is 46.6 Å². The second-order valence-electron chi connectivity index (χ2n) is 2.79. The Kier molecular flexibility index (Phi) is 2.38. The second kappa shape index (κ2) is 3.69. The fourth-order valence-corrected chi connectivity index (χ4v) is 1.59. The van der Waals surface area contributed by atoms with Gasteiger partial charge in [-0.3, -0.25) is 0 Å². The molecular weight excluding hydrogens is 242 g/mol. The van der Waals surface area contributed by atoms with Crippen LogP contribution in [-0.4, -0.2) is 0 Å². The molecule has 2 nitrogen and oxygen atoms in total. The summed E-state index contributed by atoms with van der Waals surface area (Å²) in [7, 11) is 0. The van der Waals surface area contributed by atoms with Crippen molar-refractivity contribution in [1.82, 2.24) is 0 Å². The molecule has 0 saturated carbocycles. The van der Waals surface area contributed by atoms with Gasteiger partial charge in [0.25, 0.3) is 0 Å². The number of nitriles is 1. The largest absolute Gasteiger partial charge is 0.446 e. The maximum Gasteiger partial charge on any atom is 0.204 e. The number of rotatable bonds is 1. The predicted molar refractivity (Wildman–Crippen MR) is 56.6 cm³/mol. The summed E-state index contributed by atoms with van der Waals surface area (Å²) in [6, 6.07) is 13.2. The van der Waals surface area contributed by atoms with E-state index in [9.17, 15) is 0 Å². The average molecular weight is 248 g/mol. The van der Waals surface area contributed by atoms with Gasteiger partial charge in [-0.1, -0.05) is 28.1 Å². The van der Waals surface area contributed by atoms with Gasteiger partial charge in [-0.05, 0) is 24.3 Å². The first kappa shape index (κ1) is 9.04. The Morgan fingerprint density at radius 3 is 2.71 bits per heavy atom. The molecule has 1 aromatic heterocycles. The molecule has 0 radical (unpaired) electrons. The number of furan rings is 1. The summed E-state index contributed by atoms with van der Waals surface area (Å²) in [6.07, 6.45) is 0. The van der Waals surface area contributed by atoms with E-state index in [1.807, 2.05) is 30.3 Å². The Bertz CT molecular complexity index is 496. The average Bonchev–Trinajstić information content (AvgIpc) is 2.66. The lowest BCUT2D eigenvalue weighted by Gasteiger charge is -1.96. The van der Waals surface area contributed by atoms with Crippen LogP contribution in [0.3, 0.4) is 0 Å². The first-order valence-corrected chi connectivity index (χ1v) is 4.85. The molecule has 1 heterocycles. The van der Waals surface area contributed by atoms with Gasteiger partial charge >= 0.3 is 0 Å². The maximum absolute atomic E-state index is 8.60. The Morgan fingerprint density at radius 2 is 2.07 bits per heavy atom. The van der Waals surface area contributed by atoms with Gasteiger partial charge in [0.05, 0.1) is 0 Å². The summed E-state index contributed by atoms with van der Waals surface area (Å²) in [5.41, 5.74) is 0.959. The zero-order valence-electron chi connectivity index (χ0n) is 7.20. The van der Waals surface area contributed by atoms with Crippen LogP contribution in [0.2, 0.25) is 0 Å². The van der Waals surface area contributed by atoms with Crippen LogP contribution in [0.1, 0.15) is 5.76 Å². The van der Waals surface area contributed by atoms with Crippen molar-refractivity contribution in [2.45, 2.75) is 0 Å². The molecule has 1 aromatic carbocycles. The van der Waals surface area contributed by atoms with Gasteiger partial charge in [-0.25, -0.2) is 0 Å². The number of hydrogen-bond donors (Lipinski definition) is 0. The molecule has 0 aliphatic heterocycles. The van der Waals surface area contributed by atoms with E-state index >= 15 is 0 Å². The third-order valence-electron chi connectivity index (χ3n) is 1.83. The van der Waals surface area contributed by atoms with E-state index in [4.69, 9.17) is 9.68 Å². The van der Waals surface area contributed by atoms with Crippen molar-refractivity contribution >= 4 is 15.9 Å². The second-order valence-corrected chi connectivity index (χ2v) is 3.70. The fourth-order valence-electron chi connectivity index (χ4n) is 1.19. The first-order chi connectivity index (χ1) is 6.79. The highest BCUT2D eigenvalue weighted by atomic mass is 79.9. The molecule has 0 amide bonds. The van der Waals surface area contributed by atoms with E-state index in [0.717, 1.165) is 10.0 Å². The number of hydrogen-bond acceptors (Lipinski definition) is 2. The molecule has 68 valence electrons. The van der Waals surface area contributed by atoms with Crippen molar-refractivity contribution < 1.29 is 4.42 Å². The SMILES string of the molecule is N#Cc1ccc(-c2cccc(Br)c2)o1. The van der Waals surface area contributed by atoms with Crippen LogP contribution in [0, 0.1) is 11.3 Å². The molecule has 0 fully saturated rings. The molecule has 0 atom stereocenters. The number of halogens is 1. The van der Waals surface area contributed by atoms with Gasteiger partial charge in [0.2, 0.25) is 5.76 Å². The summed E-state index contributed by atoms with van der Waals surface area (Å²) >= 11 is 3.38. The van der Waals surface area contributed by atoms with Gasteiger partial charge in [-0.15, -0.1) is 0 Å². The fraction of sp³-hybridized carbons (Fsp3) is 0. The van der Waals surface area contributed by atoms with Crippen LogP contribution < -0.4 is 0 Å². The van der Waals surface area contributed by atoms with Gasteiger partial charge in [-0.2, -0.15) is 5.26 Å². The van der Waals surface area contributed by atoms with Gasteiger partial charge in [0, 0.05) is 10.0 Å². The molecule has 0 N–H and O–H groups in total. The van der Waals surface area contributed by atoms with Crippen LogP contribution in [0.5, 0.6) is 0 Å². The molecule has 0 saturated heterocycles. The van der Waals surface area contributed by atoms with Crippen molar-refractivity contribution in [3.8, 4) is 17.4 Å². The Morgan fingerprint density at radius 1 is 1.21 bits per heavy atom. The molecule has 0 unspecified atom stereocenters. The Labute approximate surface area is 89.9 Å². The monoisotopic (exact) mass is 247 g/mol. The van der Waals surface area contributed by atoms with Crippen molar-refractivity contribution in [2.75, 3.05) is 0 Å². The summed E-state index contributed by atoms with van der Waals surface area (Å²) in [5.74, 6) is 1.04. The zero-order valence-corrected chi connectivity index (χ0v) is 8.78. The minimum atomic E-state index is 0.333. The highest BCUT2D eigenvalue weighted by molar-refractivity contribution is 9.10. The summed E-state index contributed by atoms with van der Waals surface area (Å²) in [5, 5.41) is 8.60. The van der Waals surface area contributed by atoms with E-state index < -0.39 is 0 Å². The highest BCUT2D eigenvalue weighted by Crippen LogP contribution is 2.24. The lowest BCUT2D eigenvalue weighted by Crippen LogP contribution is -1.72. The molecule has 2 rings (SSSR count). The molecule has 14 heavy (non-hydrogen) atoms. The summed E-state index contributed by atoms with van der Waals surface area (Å²) < 4.78 is 6.28. The normalized spacial score (nSPS) is 9.71. The smallest absolute Gasteiger partial charge is 0.204 e. The molecule has 0 spiro atoms. The predicted octanol–water partition coefficient (Wildman–Crippen LogP) is 3.58. The van der Waals surface area contributed by atoms with Crippen molar-refractivity contribution in [1.29, 1.82) is 5.26 Å². The van der Waals surface area contributed by atoms with Gasteiger partial charge in [0.15, 0.2) is 0 Å². The van der Waals surface area contributed by atoms with E-state index in [0.29, 0.717) is 11.5 Å². The Balaban J connectivity index is 2.45. The zero-order chi connectivity index (χ0) is 9.97. The highest BCUT2D eigenvalue weighted by Gasteiger charge is 2.03. The Hall–Kier alpha value is -1.53. The van der Waals surface area contributed by atoms with Gasteiger partial charge in [0.1, 0.15) is 11.8 Å². The van der Waals surface area contributed by atoms with E-state index in [-0.39, 0.29) is 0 Å². The van der Waals surface area contributed by atoms with E-state index in [1.165, 1.54) is 0 Å². The number of benzene rings is 1. The van der Waals surface area contributed by atoms with Crippen LogP contribution in [0.25, 0.3) is 11.3 Å². The van der Waals surface area contributed by atoms with Crippen LogP contribution in [0.4, 0.5) is 0 Å². The van der Waals surface area contributed by atoms with Crippen LogP contribution >= 0.6 is 15.9 Å². The van der Waals surface area contributed by atoms with Crippen molar-refractivity contribution in [3.63, 3.8) is 0 Å². The van der Waals surface area contributed by atoms with Gasteiger partial charge < -0.3 is 4.42 Å². The van der Waals surface area contributed by atoms with Crippen molar-refractivity contribution in [2.24, 2.45) is 0 Å². The summed E-state index contributed by atoms with van der Waals surface area (Å²) in [6.45, 7) is 0. The molecule has 2 aromatic rings. The molecule has 0 aliphatic rings. The third kappa shape index (κ3) is 1.70. The van der Waals surface area contributed by atoms with Crippen LogP contribution in [-0.2, 0) is 0 Å². The molecular formula is C11H6BrNO. The lowest BCUT2D eigenvalue weighted by molar-refractivity contribution is 0.567. The topological polar surface area (TPSA) is 36.9 Å². The molecule has 0 aliphatic carbocycles. The van der Waals surface area contributed by atoms with E-state index in [2.05, 4.69) is 15.9 Å². The molecule has 0 bridgehead atoms. The molecule has 3 heteroatoms. The first-order valence-electron chi connectivity index (χ1n) is 4.05. The maximum atomic E-state index is 8.60. The standard InChI is InChI=1S/C11H6BrNO/c12-9-3-1-2-8(6-9)11-5-4-10(7-13)14-11/h1-6H. The minimum Gasteiger partial charge on any atom is -0.446 e. The third-order valence-corrected chi connectivity index (χ3v) is 2.32. The lowest BCUT2D eigenvalue weighted by atomic mass is 10.2.